The van der Waals surface area contributed by atoms with E-state index in [1.807, 2.05) is 0 Å². The SMILES string of the molecule is CCCCCCC/C=C\C/C=C\CCCCCCCCCCCCCCCCCC(=O)OCC(COC(=O)CCCCCCCCC/C=C\CCCCCCCC)OC(=O)CCCCCCCCCCCCCCCCCCCCCC. The summed E-state index contributed by atoms with van der Waals surface area (Å²) in [6.07, 6.45) is 88.9. The average molecular weight is 1150 g/mol. The second-order valence-corrected chi connectivity index (χ2v) is 25.2. The first-order valence-electron chi connectivity index (χ1n) is 37.0. The summed E-state index contributed by atoms with van der Waals surface area (Å²) >= 11 is 0. The van der Waals surface area contributed by atoms with Gasteiger partial charge in [-0.1, -0.05) is 353 Å². The molecule has 0 radical (unpaired) electrons. The topological polar surface area (TPSA) is 78.9 Å². The molecule has 0 aromatic heterocycles. The van der Waals surface area contributed by atoms with E-state index in [1.165, 1.54) is 308 Å². The number of hydrogen-bond acceptors (Lipinski definition) is 6. The Bertz CT molecular complexity index is 1370. The number of rotatable bonds is 69. The van der Waals surface area contributed by atoms with Gasteiger partial charge < -0.3 is 14.2 Å². The number of unbranched alkanes of at least 4 members (excludes halogenated alkanes) is 52. The Hall–Kier alpha value is -2.37. The van der Waals surface area contributed by atoms with E-state index in [4.69, 9.17) is 14.2 Å². The molecule has 0 N–H and O–H groups in total. The van der Waals surface area contributed by atoms with Crippen molar-refractivity contribution >= 4 is 17.9 Å². The van der Waals surface area contributed by atoms with Gasteiger partial charge in [0.1, 0.15) is 13.2 Å². The van der Waals surface area contributed by atoms with Crippen molar-refractivity contribution in [1.82, 2.24) is 0 Å². The third kappa shape index (κ3) is 68.4. The molecular formula is C76H142O6. The van der Waals surface area contributed by atoms with Crippen molar-refractivity contribution in [2.24, 2.45) is 0 Å². The minimum absolute atomic E-state index is 0.0678. The number of carbonyl (C=O) groups is 3. The molecule has 0 bridgehead atoms. The van der Waals surface area contributed by atoms with Crippen molar-refractivity contribution in [3.63, 3.8) is 0 Å². The van der Waals surface area contributed by atoms with E-state index >= 15 is 0 Å². The smallest absolute Gasteiger partial charge is 0.306 e. The van der Waals surface area contributed by atoms with Crippen molar-refractivity contribution in [2.75, 3.05) is 13.2 Å². The number of ether oxygens (including phenoxy) is 3. The lowest BCUT2D eigenvalue weighted by molar-refractivity contribution is -0.167. The second kappa shape index (κ2) is 71.1. The lowest BCUT2D eigenvalue weighted by atomic mass is 10.0. The quantitative estimate of drug-likeness (QED) is 0.0261. The fraction of sp³-hybridized carbons (Fsp3) is 0.882. The predicted molar refractivity (Wildman–Crippen MR) is 358 cm³/mol. The van der Waals surface area contributed by atoms with Crippen LogP contribution in [-0.2, 0) is 28.6 Å². The first kappa shape index (κ1) is 79.6. The van der Waals surface area contributed by atoms with Crippen LogP contribution in [0.1, 0.15) is 412 Å². The van der Waals surface area contributed by atoms with Crippen molar-refractivity contribution in [1.29, 1.82) is 0 Å². The molecule has 0 saturated heterocycles. The molecule has 482 valence electrons. The van der Waals surface area contributed by atoms with Crippen LogP contribution in [0.3, 0.4) is 0 Å². The molecule has 0 saturated carbocycles. The largest absolute Gasteiger partial charge is 0.462 e. The molecule has 0 heterocycles. The summed E-state index contributed by atoms with van der Waals surface area (Å²) in [5.74, 6) is -0.839. The van der Waals surface area contributed by atoms with Crippen LogP contribution < -0.4 is 0 Å². The van der Waals surface area contributed by atoms with Gasteiger partial charge in [-0.15, -0.1) is 0 Å². The van der Waals surface area contributed by atoms with Gasteiger partial charge in [0, 0.05) is 19.3 Å². The minimum Gasteiger partial charge on any atom is -0.462 e. The predicted octanol–water partition coefficient (Wildman–Crippen LogP) is 25.5. The van der Waals surface area contributed by atoms with Gasteiger partial charge in [-0.2, -0.15) is 0 Å². The normalized spacial score (nSPS) is 12.2. The van der Waals surface area contributed by atoms with E-state index in [9.17, 15) is 14.4 Å². The van der Waals surface area contributed by atoms with Gasteiger partial charge in [-0.25, -0.2) is 0 Å². The Balaban J connectivity index is 4.26. The Morgan fingerprint density at radius 1 is 0.244 bits per heavy atom. The van der Waals surface area contributed by atoms with E-state index in [0.29, 0.717) is 19.3 Å². The third-order valence-electron chi connectivity index (χ3n) is 16.9. The van der Waals surface area contributed by atoms with Crippen LogP contribution in [-0.4, -0.2) is 37.2 Å². The number of carbonyl (C=O) groups excluding carboxylic acids is 3. The van der Waals surface area contributed by atoms with E-state index in [-0.39, 0.29) is 31.1 Å². The summed E-state index contributed by atoms with van der Waals surface area (Å²) in [4.78, 5) is 38.5. The zero-order valence-corrected chi connectivity index (χ0v) is 55.5. The highest BCUT2D eigenvalue weighted by molar-refractivity contribution is 5.71. The number of hydrogen-bond donors (Lipinski definition) is 0. The second-order valence-electron chi connectivity index (χ2n) is 25.2. The highest BCUT2D eigenvalue weighted by Crippen LogP contribution is 2.19. The van der Waals surface area contributed by atoms with Crippen LogP contribution in [0.15, 0.2) is 36.5 Å². The van der Waals surface area contributed by atoms with E-state index < -0.39 is 6.10 Å². The van der Waals surface area contributed by atoms with E-state index in [1.54, 1.807) is 0 Å². The van der Waals surface area contributed by atoms with Gasteiger partial charge in [0.25, 0.3) is 0 Å². The van der Waals surface area contributed by atoms with E-state index in [0.717, 1.165) is 64.2 Å². The first-order valence-corrected chi connectivity index (χ1v) is 37.0. The fourth-order valence-corrected chi connectivity index (χ4v) is 11.3. The van der Waals surface area contributed by atoms with Crippen molar-refractivity contribution in [3.05, 3.63) is 36.5 Å². The Labute approximate surface area is 512 Å². The summed E-state index contributed by atoms with van der Waals surface area (Å²) in [6.45, 7) is 6.71. The molecule has 0 aliphatic carbocycles. The van der Waals surface area contributed by atoms with Gasteiger partial charge in [-0.05, 0) is 77.0 Å². The van der Waals surface area contributed by atoms with Crippen LogP contribution in [0.25, 0.3) is 0 Å². The van der Waals surface area contributed by atoms with Gasteiger partial charge in [0.05, 0.1) is 0 Å². The zero-order valence-electron chi connectivity index (χ0n) is 55.5. The Morgan fingerprint density at radius 2 is 0.439 bits per heavy atom. The molecule has 82 heavy (non-hydrogen) atoms. The first-order chi connectivity index (χ1) is 40.5. The maximum atomic E-state index is 13.0. The summed E-state index contributed by atoms with van der Waals surface area (Å²) in [6, 6.07) is 0. The highest BCUT2D eigenvalue weighted by atomic mass is 16.6. The van der Waals surface area contributed by atoms with Crippen molar-refractivity contribution in [2.45, 2.75) is 419 Å². The molecule has 0 rings (SSSR count). The molecule has 0 aromatic rings. The van der Waals surface area contributed by atoms with Gasteiger partial charge in [0.15, 0.2) is 6.10 Å². The lowest BCUT2D eigenvalue weighted by Crippen LogP contribution is -2.30. The molecule has 0 fully saturated rings. The molecule has 6 heteroatoms. The molecule has 0 amide bonds. The fourth-order valence-electron chi connectivity index (χ4n) is 11.3. The Kier molecular flexibility index (Phi) is 69.1. The van der Waals surface area contributed by atoms with Crippen molar-refractivity contribution < 1.29 is 28.6 Å². The van der Waals surface area contributed by atoms with Crippen LogP contribution in [0, 0.1) is 0 Å². The van der Waals surface area contributed by atoms with Crippen LogP contribution in [0.5, 0.6) is 0 Å². The number of esters is 3. The van der Waals surface area contributed by atoms with Gasteiger partial charge in [-0.3, -0.25) is 14.4 Å². The minimum atomic E-state index is -0.772. The average Bonchev–Trinajstić information content (AvgIpc) is 3.47. The van der Waals surface area contributed by atoms with Crippen LogP contribution in [0.4, 0.5) is 0 Å². The van der Waals surface area contributed by atoms with Crippen LogP contribution >= 0.6 is 0 Å². The van der Waals surface area contributed by atoms with E-state index in [2.05, 4.69) is 57.2 Å². The monoisotopic (exact) mass is 1150 g/mol. The molecule has 0 aliphatic heterocycles. The molecule has 1 unspecified atom stereocenters. The summed E-state index contributed by atoms with van der Waals surface area (Å²) in [5.41, 5.74) is 0. The third-order valence-corrected chi connectivity index (χ3v) is 16.9. The zero-order chi connectivity index (χ0) is 59.2. The maximum Gasteiger partial charge on any atom is 0.306 e. The molecule has 0 aliphatic rings. The van der Waals surface area contributed by atoms with Crippen molar-refractivity contribution in [3.8, 4) is 0 Å². The highest BCUT2D eigenvalue weighted by Gasteiger charge is 2.19. The summed E-state index contributed by atoms with van der Waals surface area (Å²) < 4.78 is 17.0. The summed E-state index contributed by atoms with van der Waals surface area (Å²) in [7, 11) is 0. The molecular weight excluding hydrogens is 1010 g/mol. The Morgan fingerprint density at radius 3 is 0.683 bits per heavy atom. The molecule has 0 spiro atoms. The molecule has 6 nitrogen and oxygen atoms in total. The van der Waals surface area contributed by atoms with Gasteiger partial charge >= 0.3 is 17.9 Å². The summed E-state index contributed by atoms with van der Waals surface area (Å²) in [5, 5.41) is 0. The molecule has 0 aromatic carbocycles. The van der Waals surface area contributed by atoms with Gasteiger partial charge in [0.2, 0.25) is 0 Å². The number of allylic oxidation sites excluding steroid dienone is 6. The van der Waals surface area contributed by atoms with Crippen LogP contribution in [0.2, 0.25) is 0 Å². The lowest BCUT2D eigenvalue weighted by Gasteiger charge is -2.18. The standard InChI is InChI=1S/C76H142O6/c1-4-7-10-13-16-19-22-25-28-31-33-35-36-37-38-39-40-41-43-45-48-51-54-57-60-63-66-69-75(78)81-72-73(71-80-74(77)68-65-62-59-56-53-50-47-44-30-27-24-21-18-15-12-9-6-3)82-76(79)70-67-64-61-58-55-52-49-46-42-34-32-29-26-23-20-17-14-11-8-5-2/h22,25,27,30-31,33,73H,4-21,23-24,26,28-29,32,34-72H2,1-3H3/b25-22-,30-27-,33-31-. The molecule has 1 atom stereocenters. The maximum absolute atomic E-state index is 13.0.